The molecule has 0 radical (unpaired) electrons. The molecule has 14 heteroatoms. The lowest BCUT2D eigenvalue weighted by Crippen LogP contribution is -2.67. The minimum Gasteiger partial charge on any atom is -0.462 e. The molecule has 0 aromatic heterocycles. The Balaban J connectivity index is 1.15. The van der Waals surface area contributed by atoms with Gasteiger partial charge in [-0.3, -0.25) is 4.79 Å². The van der Waals surface area contributed by atoms with Crippen LogP contribution in [0.25, 0.3) is 6.08 Å². The molecule has 2 aliphatic heterocycles. The second-order valence-electron chi connectivity index (χ2n) is 11.1. The first-order chi connectivity index (χ1) is 21.0. The topological polar surface area (TPSA) is 171 Å². The lowest BCUT2D eigenvalue weighted by atomic mass is 9.83. The quantitative estimate of drug-likeness (QED) is 0.133. The molecule has 6 N–H and O–H groups in total. The zero-order valence-corrected chi connectivity index (χ0v) is 24.7. The first kappa shape index (κ1) is 32.3. The maximum absolute atomic E-state index is 15.0. The standard InChI is InChI=1S/C30H35ClFN3O9/c1-14(30(40)34-23-24(37)26(39)29-28(25(23)38)41-13-42-29)8-16-6-7-21(19(32)10-16)43-22-11-20(36)27(44-22)15(2)35-33-12-17-4-3-5-18(31)9-17/h3-10,12,15,20,22-29,35-39H,11,13H2,1-2H3,(H,34,40)/b14-8+,33-12?/t15?,20-,22+,23+,24-,25+,26+,27+,28-,29+/m0/s1. The number of benzene rings is 2. The maximum atomic E-state index is 15.0. The highest BCUT2D eigenvalue weighted by atomic mass is 35.5. The highest BCUT2D eigenvalue weighted by Crippen LogP contribution is 2.31. The molecule has 3 fully saturated rings. The van der Waals surface area contributed by atoms with Gasteiger partial charge in [-0.15, -0.1) is 0 Å². The van der Waals surface area contributed by atoms with Crippen molar-refractivity contribution in [3.63, 3.8) is 0 Å². The third kappa shape index (κ3) is 7.22. The Morgan fingerprint density at radius 1 is 1.09 bits per heavy atom. The van der Waals surface area contributed by atoms with E-state index in [9.17, 15) is 29.6 Å². The summed E-state index contributed by atoms with van der Waals surface area (Å²) in [5.41, 5.74) is 4.22. The molecule has 2 saturated heterocycles. The van der Waals surface area contributed by atoms with Gasteiger partial charge in [-0.05, 0) is 55.3 Å². The molecule has 10 atom stereocenters. The van der Waals surface area contributed by atoms with Crippen LogP contribution in [0.2, 0.25) is 5.02 Å². The zero-order valence-electron chi connectivity index (χ0n) is 23.9. The molecule has 1 unspecified atom stereocenters. The Morgan fingerprint density at radius 3 is 2.57 bits per heavy atom. The van der Waals surface area contributed by atoms with Crippen LogP contribution in [0.3, 0.4) is 0 Å². The van der Waals surface area contributed by atoms with Crippen LogP contribution in [-0.4, -0.2) is 100 Å². The first-order valence-electron chi connectivity index (χ1n) is 14.1. The summed E-state index contributed by atoms with van der Waals surface area (Å²) in [7, 11) is 0. The number of carbonyl (C=O) groups excluding carboxylic acids is 1. The van der Waals surface area contributed by atoms with Crippen molar-refractivity contribution < 1.29 is 48.6 Å². The monoisotopic (exact) mass is 635 g/mol. The second-order valence-corrected chi connectivity index (χ2v) is 11.5. The van der Waals surface area contributed by atoms with Gasteiger partial charge in [-0.1, -0.05) is 29.8 Å². The van der Waals surface area contributed by atoms with E-state index in [0.29, 0.717) is 10.6 Å². The summed E-state index contributed by atoms with van der Waals surface area (Å²) >= 11 is 5.98. The van der Waals surface area contributed by atoms with Gasteiger partial charge in [0.1, 0.15) is 43.4 Å². The number of hydrogen-bond acceptors (Lipinski definition) is 11. The molecule has 5 rings (SSSR count). The number of fused-ring (bicyclic) bond motifs is 1. The summed E-state index contributed by atoms with van der Waals surface area (Å²) in [4.78, 5) is 12.8. The molecule has 1 amide bonds. The van der Waals surface area contributed by atoms with Crippen LogP contribution in [0, 0.1) is 5.82 Å². The van der Waals surface area contributed by atoms with E-state index in [4.69, 9.17) is 30.5 Å². The highest BCUT2D eigenvalue weighted by Gasteiger charge is 2.53. The largest absolute Gasteiger partial charge is 0.462 e. The maximum Gasteiger partial charge on any atom is 0.247 e. The minimum atomic E-state index is -1.49. The van der Waals surface area contributed by atoms with Gasteiger partial charge in [0.25, 0.3) is 0 Å². The number of amides is 1. The lowest BCUT2D eigenvalue weighted by Gasteiger charge is -2.41. The third-order valence-corrected chi connectivity index (χ3v) is 8.05. The number of hydrazone groups is 1. The molecule has 2 aromatic rings. The van der Waals surface area contributed by atoms with E-state index in [2.05, 4.69) is 15.8 Å². The van der Waals surface area contributed by atoms with Crippen LogP contribution in [0.1, 0.15) is 31.4 Å². The van der Waals surface area contributed by atoms with E-state index in [1.807, 2.05) is 6.07 Å². The third-order valence-electron chi connectivity index (χ3n) is 7.81. The Kier molecular flexibility index (Phi) is 10.2. The minimum absolute atomic E-state index is 0.0996. The average molecular weight is 636 g/mol. The van der Waals surface area contributed by atoms with Crippen molar-refractivity contribution in [2.24, 2.45) is 5.10 Å². The molecule has 12 nitrogen and oxygen atoms in total. The van der Waals surface area contributed by atoms with Gasteiger partial charge in [0.2, 0.25) is 12.2 Å². The predicted octanol–water partition coefficient (Wildman–Crippen LogP) is 1.07. The molecule has 3 aliphatic rings. The number of nitrogens with zero attached hydrogens (tertiary/aromatic N) is 1. The molecule has 1 aliphatic carbocycles. The fraction of sp³-hybridized carbons (Fsp3) is 0.467. The van der Waals surface area contributed by atoms with Crippen molar-refractivity contribution in [1.29, 1.82) is 0 Å². The van der Waals surface area contributed by atoms with Crippen molar-refractivity contribution >= 4 is 29.8 Å². The molecule has 238 valence electrons. The Labute approximate surface area is 258 Å². The Hall–Kier alpha value is -3.14. The summed E-state index contributed by atoms with van der Waals surface area (Å²) < 4.78 is 37.0. The number of carbonyl (C=O) groups is 1. The highest BCUT2D eigenvalue weighted by molar-refractivity contribution is 6.30. The van der Waals surface area contributed by atoms with Gasteiger partial charge in [-0.2, -0.15) is 5.10 Å². The fourth-order valence-corrected chi connectivity index (χ4v) is 5.65. The van der Waals surface area contributed by atoms with E-state index in [1.54, 1.807) is 31.3 Å². The molecule has 1 saturated carbocycles. The molecular weight excluding hydrogens is 601 g/mol. The Morgan fingerprint density at radius 2 is 1.84 bits per heavy atom. The molecule has 2 heterocycles. The van der Waals surface area contributed by atoms with Gasteiger partial charge in [-0.25, -0.2) is 4.39 Å². The number of aliphatic hydroxyl groups excluding tert-OH is 4. The van der Waals surface area contributed by atoms with E-state index in [1.165, 1.54) is 31.2 Å². The van der Waals surface area contributed by atoms with Crippen molar-refractivity contribution in [3.05, 3.63) is 70.0 Å². The van der Waals surface area contributed by atoms with Crippen LogP contribution in [0.4, 0.5) is 4.39 Å². The molecule has 0 bridgehead atoms. The van der Waals surface area contributed by atoms with Crippen molar-refractivity contribution in [1.82, 2.24) is 10.7 Å². The Bertz CT molecular complexity index is 1400. The predicted molar refractivity (Wildman–Crippen MR) is 156 cm³/mol. The number of ether oxygens (including phenoxy) is 4. The van der Waals surface area contributed by atoms with Gasteiger partial charge < -0.3 is 50.1 Å². The van der Waals surface area contributed by atoms with E-state index in [0.717, 1.165) is 5.56 Å². The molecule has 44 heavy (non-hydrogen) atoms. The smallest absolute Gasteiger partial charge is 0.247 e. The van der Waals surface area contributed by atoms with Crippen LogP contribution >= 0.6 is 11.6 Å². The summed E-state index contributed by atoms with van der Waals surface area (Å²) in [6, 6.07) is 9.65. The van der Waals surface area contributed by atoms with Gasteiger partial charge in [0.05, 0.1) is 24.4 Å². The number of aliphatic hydroxyl groups is 4. The summed E-state index contributed by atoms with van der Waals surface area (Å²) in [6.45, 7) is 3.12. The zero-order chi connectivity index (χ0) is 31.5. The summed E-state index contributed by atoms with van der Waals surface area (Å²) in [5.74, 6) is -1.45. The van der Waals surface area contributed by atoms with Crippen molar-refractivity contribution in [2.75, 3.05) is 6.79 Å². The van der Waals surface area contributed by atoms with E-state index >= 15 is 0 Å². The normalized spacial score (nSPS) is 32.8. The van der Waals surface area contributed by atoms with Gasteiger partial charge in [0.15, 0.2) is 11.6 Å². The summed E-state index contributed by atoms with van der Waals surface area (Å²) in [6.07, 6.45) is -5.31. The molecule has 0 spiro atoms. The lowest BCUT2D eigenvalue weighted by molar-refractivity contribution is -0.155. The van der Waals surface area contributed by atoms with Crippen molar-refractivity contribution in [2.45, 2.75) is 81.4 Å². The van der Waals surface area contributed by atoms with E-state index < -0.39 is 66.8 Å². The SMILES string of the molecule is C/C(=C\c1ccc(O[C@H]2C[C@H](O)[C@@H](C(C)NN=Cc3cccc(Cl)c3)O2)c(F)c1)C(=O)N[C@@H]1[C@H](O)[C@@H](O)[C@H]2OCO[C@H]2[C@@H]1O. The number of halogens is 2. The van der Waals surface area contributed by atoms with Crippen molar-refractivity contribution in [3.8, 4) is 5.75 Å². The van der Waals surface area contributed by atoms with E-state index in [-0.39, 0.29) is 30.6 Å². The van der Waals surface area contributed by atoms with Crippen LogP contribution < -0.4 is 15.5 Å². The second kappa shape index (κ2) is 13.9. The number of rotatable bonds is 9. The number of hydrogen-bond donors (Lipinski definition) is 6. The average Bonchev–Trinajstić information content (AvgIpc) is 3.62. The molecular formula is C30H35ClFN3O9. The van der Waals surface area contributed by atoms with Gasteiger partial charge in [0, 0.05) is 17.0 Å². The summed E-state index contributed by atoms with van der Waals surface area (Å²) in [5, 5.41) is 49.1. The fourth-order valence-electron chi connectivity index (χ4n) is 5.45. The van der Waals surface area contributed by atoms with Crippen LogP contribution in [-0.2, 0) is 19.0 Å². The van der Waals surface area contributed by atoms with Crippen LogP contribution in [0.5, 0.6) is 5.75 Å². The molecule has 2 aromatic carbocycles. The number of nitrogens with one attached hydrogen (secondary N) is 2. The van der Waals surface area contributed by atoms with Crippen LogP contribution in [0.15, 0.2) is 53.1 Å². The first-order valence-corrected chi connectivity index (χ1v) is 14.5. The van der Waals surface area contributed by atoms with Gasteiger partial charge >= 0.3 is 0 Å².